The SMILES string of the molecule is CC1CCCCN1C(=O)N[C@@H](C)C(=O)O. The third-order valence-corrected chi connectivity index (χ3v) is 2.77. The third kappa shape index (κ3) is 3.11. The average molecular weight is 214 g/mol. The van der Waals surface area contributed by atoms with Crippen LogP contribution in [0.5, 0.6) is 0 Å². The summed E-state index contributed by atoms with van der Waals surface area (Å²) in [4.78, 5) is 24.0. The second-order valence-corrected chi connectivity index (χ2v) is 4.05. The van der Waals surface area contributed by atoms with E-state index in [0.717, 1.165) is 25.8 Å². The number of urea groups is 1. The minimum atomic E-state index is -1.01. The van der Waals surface area contributed by atoms with E-state index in [9.17, 15) is 9.59 Å². The van der Waals surface area contributed by atoms with Crippen LogP contribution >= 0.6 is 0 Å². The molecule has 5 heteroatoms. The second-order valence-electron chi connectivity index (χ2n) is 4.05. The molecule has 1 aliphatic heterocycles. The number of hydrogen-bond acceptors (Lipinski definition) is 2. The lowest BCUT2D eigenvalue weighted by atomic mass is 10.0. The Morgan fingerprint density at radius 2 is 2.13 bits per heavy atom. The number of carbonyl (C=O) groups is 2. The van der Waals surface area contributed by atoms with E-state index in [1.165, 1.54) is 6.92 Å². The number of aliphatic carboxylic acids is 1. The molecule has 1 fully saturated rings. The summed E-state index contributed by atoms with van der Waals surface area (Å²) < 4.78 is 0. The van der Waals surface area contributed by atoms with Gasteiger partial charge in [0, 0.05) is 12.6 Å². The quantitative estimate of drug-likeness (QED) is 0.721. The number of carboxylic acid groups (broad SMARTS) is 1. The fourth-order valence-electron chi connectivity index (χ4n) is 1.73. The van der Waals surface area contributed by atoms with Crippen LogP contribution in [0.1, 0.15) is 33.1 Å². The standard InChI is InChI=1S/C10H18N2O3/c1-7-5-3-4-6-12(7)10(15)11-8(2)9(13)14/h7-8H,3-6H2,1-2H3,(H,11,15)(H,13,14)/t7?,8-/m0/s1. The Hall–Kier alpha value is -1.26. The lowest BCUT2D eigenvalue weighted by Gasteiger charge is -2.33. The Morgan fingerprint density at radius 1 is 1.47 bits per heavy atom. The third-order valence-electron chi connectivity index (χ3n) is 2.77. The van der Waals surface area contributed by atoms with Crippen LogP contribution in [-0.2, 0) is 4.79 Å². The van der Waals surface area contributed by atoms with Crippen molar-refractivity contribution in [3.63, 3.8) is 0 Å². The Balaban J connectivity index is 2.48. The minimum absolute atomic E-state index is 0.208. The van der Waals surface area contributed by atoms with Gasteiger partial charge in [0.1, 0.15) is 6.04 Å². The molecule has 0 radical (unpaired) electrons. The first-order valence-corrected chi connectivity index (χ1v) is 5.32. The van der Waals surface area contributed by atoms with Crippen molar-refractivity contribution in [2.45, 2.75) is 45.2 Å². The zero-order valence-electron chi connectivity index (χ0n) is 9.19. The lowest BCUT2D eigenvalue weighted by molar-refractivity contribution is -0.138. The average Bonchev–Trinajstić information content (AvgIpc) is 2.18. The van der Waals surface area contributed by atoms with Crippen molar-refractivity contribution in [1.82, 2.24) is 10.2 Å². The molecule has 2 N–H and O–H groups in total. The van der Waals surface area contributed by atoms with Crippen LogP contribution in [0.15, 0.2) is 0 Å². The molecule has 2 amide bonds. The highest BCUT2D eigenvalue weighted by molar-refractivity contribution is 5.82. The van der Waals surface area contributed by atoms with Gasteiger partial charge >= 0.3 is 12.0 Å². The molecule has 2 atom stereocenters. The van der Waals surface area contributed by atoms with Gasteiger partial charge in [-0.1, -0.05) is 0 Å². The molecule has 0 aromatic heterocycles. The highest BCUT2D eigenvalue weighted by atomic mass is 16.4. The highest BCUT2D eigenvalue weighted by Gasteiger charge is 2.25. The Morgan fingerprint density at radius 3 is 2.67 bits per heavy atom. The van der Waals surface area contributed by atoms with Gasteiger partial charge in [-0.15, -0.1) is 0 Å². The first-order valence-electron chi connectivity index (χ1n) is 5.32. The van der Waals surface area contributed by atoms with Gasteiger partial charge in [-0.3, -0.25) is 4.79 Å². The summed E-state index contributed by atoms with van der Waals surface area (Å²) in [5.74, 6) is -1.01. The van der Waals surface area contributed by atoms with Gasteiger partial charge in [0.2, 0.25) is 0 Å². The molecular formula is C10H18N2O3. The molecule has 15 heavy (non-hydrogen) atoms. The van der Waals surface area contributed by atoms with E-state index in [1.54, 1.807) is 4.90 Å². The van der Waals surface area contributed by atoms with Crippen molar-refractivity contribution in [1.29, 1.82) is 0 Å². The van der Waals surface area contributed by atoms with Crippen molar-refractivity contribution >= 4 is 12.0 Å². The van der Waals surface area contributed by atoms with Gasteiger partial charge in [0.25, 0.3) is 0 Å². The number of carbonyl (C=O) groups excluding carboxylic acids is 1. The summed E-state index contributed by atoms with van der Waals surface area (Å²) >= 11 is 0. The summed E-state index contributed by atoms with van der Waals surface area (Å²) in [5.41, 5.74) is 0. The van der Waals surface area contributed by atoms with Gasteiger partial charge in [-0.25, -0.2) is 4.79 Å². The number of likely N-dealkylation sites (tertiary alicyclic amines) is 1. The lowest BCUT2D eigenvalue weighted by Crippen LogP contribution is -2.51. The number of amides is 2. The minimum Gasteiger partial charge on any atom is -0.480 e. The fourth-order valence-corrected chi connectivity index (χ4v) is 1.73. The van der Waals surface area contributed by atoms with E-state index in [-0.39, 0.29) is 12.1 Å². The Kier molecular flexibility index (Phi) is 3.94. The van der Waals surface area contributed by atoms with E-state index in [2.05, 4.69) is 5.32 Å². The van der Waals surface area contributed by atoms with E-state index >= 15 is 0 Å². The predicted octanol–water partition coefficient (Wildman–Crippen LogP) is 1.04. The van der Waals surface area contributed by atoms with Crippen molar-refractivity contribution in [2.24, 2.45) is 0 Å². The number of piperidine rings is 1. The smallest absolute Gasteiger partial charge is 0.325 e. The van der Waals surface area contributed by atoms with Crippen molar-refractivity contribution in [3.8, 4) is 0 Å². The van der Waals surface area contributed by atoms with Crippen molar-refractivity contribution in [2.75, 3.05) is 6.54 Å². The maximum absolute atomic E-state index is 11.7. The van der Waals surface area contributed by atoms with Gasteiger partial charge in [-0.05, 0) is 33.1 Å². The molecule has 0 aromatic rings. The number of nitrogens with zero attached hydrogens (tertiary/aromatic N) is 1. The zero-order chi connectivity index (χ0) is 11.4. The molecule has 1 heterocycles. The van der Waals surface area contributed by atoms with E-state index < -0.39 is 12.0 Å². The first-order chi connectivity index (χ1) is 7.02. The van der Waals surface area contributed by atoms with E-state index in [1.807, 2.05) is 6.92 Å². The molecular weight excluding hydrogens is 196 g/mol. The number of hydrogen-bond donors (Lipinski definition) is 2. The maximum atomic E-state index is 11.7. The zero-order valence-corrected chi connectivity index (χ0v) is 9.19. The second kappa shape index (κ2) is 5.00. The molecule has 5 nitrogen and oxygen atoms in total. The van der Waals surface area contributed by atoms with Crippen LogP contribution in [0.2, 0.25) is 0 Å². The molecule has 0 spiro atoms. The van der Waals surface area contributed by atoms with E-state index in [4.69, 9.17) is 5.11 Å². The van der Waals surface area contributed by atoms with Crippen LogP contribution in [-0.4, -0.2) is 40.6 Å². The number of carboxylic acids is 1. The predicted molar refractivity (Wildman–Crippen MR) is 55.6 cm³/mol. The summed E-state index contributed by atoms with van der Waals surface area (Å²) in [5, 5.41) is 11.1. The normalized spacial score (nSPS) is 23.3. The van der Waals surface area contributed by atoms with E-state index in [0.29, 0.717) is 0 Å². The molecule has 1 unspecified atom stereocenters. The Labute approximate surface area is 89.4 Å². The summed E-state index contributed by atoms with van der Waals surface area (Å²) in [7, 11) is 0. The first kappa shape index (κ1) is 11.8. The Bertz CT molecular complexity index is 255. The topological polar surface area (TPSA) is 69.6 Å². The van der Waals surface area contributed by atoms with Crippen LogP contribution in [0, 0.1) is 0 Å². The van der Waals surface area contributed by atoms with Crippen molar-refractivity contribution < 1.29 is 14.7 Å². The van der Waals surface area contributed by atoms with Gasteiger partial charge in [0.05, 0.1) is 0 Å². The van der Waals surface area contributed by atoms with Crippen molar-refractivity contribution in [3.05, 3.63) is 0 Å². The molecule has 1 aliphatic rings. The highest BCUT2D eigenvalue weighted by Crippen LogP contribution is 2.16. The molecule has 0 aliphatic carbocycles. The fraction of sp³-hybridized carbons (Fsp3) is 0.800. The van der Waals surface area contributed by atoms with Gasteiger partial charge < -0.3 is 15.3 Å². The molecule has 1 rings (SSSR count). The molecule has 1 saturated heterocycles. The number of nitrogens with one attached hydrogen (secondary N) is 1. The van der Waals surface area contributed by atoms with Crippen LogP contribution in [0.3, 0.4) is 0 Å². The summed E-state index contributed by atoms with van der Waals surface area (Å²) in [6, 6.07) is -0.886. The van der Waals surface area contributed by atoms with Crippen LogP contribution in [0.4, 0.5) is 4.79 Å². The molecule has 0 saturated carbocycles. The number of rotatable bonds is 2. The summed E-state index contributed by atoms with van der Waals surface area (Å²) in [6.45, 7) is 4.18. The van der Waals surface area contributed by atoms with Gasteiger partial charge in [0.15, 0.2) is 0 Å². The molecule has 0 aromatic carbocycles. The maximum Gasteiger partial charge on any atom is 0.325 e. The van der Waals surface area contributed by atoms with Gasteiger partial charge in [-0.2, -0.15) is 0 Å². The van der Waals surface area contributed by atoms with Crippen LogP contribution < -0.4 is 5.32 Å². The monoisotopic (exact) mass is 214 g/mol. The largest absolute Gasteiger partial charge is 0.480 e. The van der Waals surface area contributed by atoms with Crippen LogP contribution in [0.25, 0.3) is 0 Å². The molecule has 0 bridgehead atoms. The summed E-state index contributed by atoms with van der Waals surface area (Å²) in [6.07, 6.45) is 3.13. The molecule has 86 valence electrons.